The molecular formula is C8H10O5. The highest BCUT2D eigenvalue weighted by Gasteiger charge is 2.62. The first-order valence-electron chi connectivity index (χ1n) is 4.35. The summed E-state index contributed by atoms with van der Waals surface area (Å²) < 4.78 is 21.2. The highest BCUT2D eigenvalue weighted by atomic mass is 16.8. The molecule has 5 atom stereocenters. The van der Waals surface area contributed by atoms with Gasteiger partial charge in [0.05, 0.1) is 6.61 Å². The van der Waals surface area contributed by atoms with Crippen LogP contribution in [0.25, 0.3) is 0 Å². The molecule has 3 heterocycles. The van der Waals surface area contributed by atoms with Gasteiger partial charge < -0.3 is 18.9 Å². The number of carbonyl (C=O) groups is 1. The Kier molecular flexibility index (Phi) is 1.45. The van der Waals surface area contributed by atoms with E-state index in [1.54, 1.807) is 0 Å². The van der Waals surface area contributed by atoms with E-state index in [1.165, 1.54) is 6.92 Å². The molecule has 2 bridgehead atoms. The molecule has 0 spiro atoms. The Hall–Kier alpha value is -0.650. The molecule has 3 aliphatic heterocycles. The molecule has 3 saturated heterocycles. The van der Waals surface area contributed by atoms with Gasteiger partial charge in [-0.2, -0.15) is 0 Å². The summed E-state index contributed by atoms with van der Waals surface area (Å²) in [6.45, 7) is 1.92. The quantitative estimate of drug-likeness (QED) is 0.406. The molecule has 0 saturated carbocycles. The Balaban J connectivity index is 1.76. The Labute approximate surface area is 74.9 Å². The first-order valence-corrected chi connectivity index (χ1v) is 4.35. The van der Waals surface area contributed by atoms with E-state index in [2.05, 4.69) is 0 Å². The molecule has 0 unspecified atom stereocenters. The molecule has 3 aliphatic rings. The average molecular weight is 186 g/mol. The van der Waals surface area contributed by atoms with Gasteiger partial charge in [-0.15, -0.1) is 0 Å². The Morgan fingerprint density at radius 3 is 3.00 bits per heavy atom. The first kappa shape index (κ1) is 7.73. The number of hydrogen-bond acceptors (Lipinski definition) is 5. The van der Waals surface area contributed by atoms with Crippen molar-refractivity contribution in [1.29, 1.82) is 0 Å². The second-order valence-corrected chi connectivity index (χ2v) is 3.52. The molecule has 0 N–H and O–H groups in total. The number of epoxide rings is 1. The smallest absolute Gasteiger partial charge is 0.303 e. The predicted molar refractivity (Wildman–Crippen MR) is 38.8 cm³/mol. The van der Waals surface area contributed by atoms with Crippen LogP contribution in [-0.2, 0) is 23.7 Å². The zero-order chi connectivity index (χ0) is 9.00. The van der Waals surface area contributed by atoms with Crippen molar-refractivity contribution in [2.45, 2.75) is 37.6 Å². The van der Waals surface area contributed by atoms with E-state index in [1.807, 2.05) is 0 Å². The van der Waals surface area contributed by atoms with Crippen molar-refractivity contribution in [3.05, 3.63) is 0 Å². The van der Waals surface area contributed by atoms with Crippen LogP contribution in [0, 0.1) is 0 Å². The lowest BCUT2D eigenvalue weighted by Crippen LogP contribution is -2.42. The SMILES string of the molecule is CC(=O)O[C@@H]1[C@@H]2OC[C@@H](O2)[C@H]2O[C@@H]12. The van der Waals surface area contributed by atoms with E-state index in [0.717, 1.165) is 0 Å². The van der Waals surface area contributed by atoms with Crippen LogP contribution < -0.4 is 0 Å². The summed E-state index contributed by atoms with van der Waals surface area (Å²) in [4.78, 5) is 10.8. The number of carbonyl (C=O) groups excluding carboxylic acids is 1. The van der Waals surface area contributed by atoms with Crippen molar-refractivity contribution < 1.29 is 23.7 Å². The molecule has 5 heteroatoms. The summed E-state index contributed by atoms with van der Waals surface area (Å²) in [5, 5.41) is 0. The third-order valence-corrected chi connectivity index (χ3v) is 2.56. The van der Waals surface area contributed by atoms with Crippen molar-refractivity contribution in [3.63, 3.8) is 0 Å². The van der Waals surface area contributed by atoms with Gasteiger partial charge in [0.2, 0.25) is 0 Å². The van der Waals surface area contributed by atoms with E-state index in [9.17, 15) is 4.79 Å². The lowest BCUT2D eigenvalue weighted by atomic mass is 10.1. The van der Waals surface area contributed by atoms with Crippen molar-refractivity contribution in [2.75, 3.05) is 6.61 Å². The Morgan fingerprint density at radius 1 is 1.38 bits per heavy atom. The van der Waals surface area contributed by atoms with Gasteiger partial charge in [0.15, 0.2) is 12.4 Å². The molecule has 72 valence electrons. The lowest BCUT2D eigenvalue weighted by molar-refractivity contribution is -0.181. The molecule has 0 radical (unpaired) electrons. The van der Waals surface area contributed by atoms with E-state index in [4.69, 9.17) is 18.9 Å². The van der Waals surface area contributed by atoms with Crippen molar-refractivity contribution >= 4 is 5.97 Å². The minimum absolute atomic E-state index is 0.00449. The minimum atomic E-state index is -0.419. The van der Waals surface area contributed by atoms with Gasteiger partial charge >= 0.3 is 5.97 Å². The maximum atomic E-state index is 10.8. The number of esters is 1. The van der Waals surface area contributed by atoms with Gasteiger partial charge in [-0.25, -0.2) is 0 Å². The van der Waals surface area contributed by atoms with Crippen LogP contribution >= 0.6 is 0 Å². The molecule has 0 aromatic carbocycles. The highest BCUT2D eigenvalue weighted by molar-refractivity contribution is 5.66. The summed E-state index contributed by atoms with van der Waals surface area (Å²) in [5.74, 6) is -0.322. The summed E-state index contributed by atoms with van der Waals surface area (Å²) in [6.07, 6.45) is -0.682. The normalized spacial score (nSPS) is 51.3. The molecular weight excluding hydrogens is 176 g/mol. The molecule has 3 rings (SSSR count). The summed E-state index contributed by atoms with van der Waals surface area (Å²) >= 11 is 0. The molecule has 5 nitrogen and oxygen atoms in total. The van der Waals surface area contributed by atoms with E-state index >= 15 is 0 Å². The Morgan fingerprint density at radius 2 is 2.23 bits per heavy atom. The van der Waals surface area contributed by atoms with E-state index in [-0.39, 0.29) is 30.4 Å². The number of ether oxygens (including phenoxy) is 4. The monoisotopic (exact) mass is 186 g/mol. The van der Waals surface area contributed by atoms with Gasteiger partial charge in [0.1, 0.15) is 18.3 Å². The predicted octanol–water partition coefficient (Wildman–Crippen LogP) is -0.559. The summed E-state index contributed by atoms with van der Waals surface area (Å²) in [5.41, 5.74) is 0. The van der Waals surface area contributed by atoms with Crippen LogP contribution in [0.15, 0.2) is 0 Å². The van der Waals surface area contributed by atoms with Gasteiger partial charge in [0.25, 0.3) is 0 Å². The molecule has 13 heavy (non-hydrogen) atoms. The maximum absolute atomic E-state index is 10.8. The fraction of sp³-hybridized carbons (Fsp3) is 0.875. The van der Waals surface area contributed by atoms with Crippen LogP contribution in [0.5, 0.6) is 0 Å². The summed E-state index contributed by atoms with van der Waals surface area (Å²) in [7, 11) is 0. The van der Waals surface area contributed by atoms with Crippen LogP contribution in [0.4, 0.5) is 0 Å². The molecule has 0 amide bonds. The van der Waals surface area contributed by atoms with Crippen LogP contribution in [0.1, 0.15) is 6.92 Å². The van der Waals surface area contributed by atoms with Gasteiger partial charge in [-0.05, 0) is 0 Å². The maximum Gasteiger partial charge on any atom is 0.303 e. The first-order chi connectivity index (χ1) is 6.25. The number of fused-ring (bicyclic) bond motifs is 4. The third kappa shape index (κ3) is 1.08. The van der Waals surface area contributed by atoms with Gasteiger partial charge in [0, 0.05) is 6.92 Å². The Bertz CT molecular complexity index is 253. The average Bonchev–Trinajstić information content (AvgIpc) is 2.74. The van der Waals surface area contributed by atoms with Crippen LogP contribution in [0.2, 0.25) is 0 Å². The molecule has 0 aromatic heterocycles. The number of rotatable bonds is 1. The lowest BCUT2D eigenvalue weighted by Gasteiger charge is -2.23. The molecule has 0 aromatic rings. The van der Waals surface area contributed by atoms with Crippen molar-refractivity contribution in [3.8, 4) is 0 Å². The third-order valence-electron chi connectivity index (χ3n) is 2.56. The largest absolute Gasteiger partial charge is 0.454 e. The fourth-order valence-corrected chi connectivity index (χ4v) is 1.95. The van der Waals surface area contributed by atoms with Crippen LogP contribution in [0.3, 0.4) is 0 Å². The van der Waals surface area contributed by atoms with Gasteiger partial charge in [-0.1, -0.05) is 0 Å². The van der Waals surface area contributed by atoms with E-state index < -0.39 is 6.29 Å². The topological polar surface area (TPSA) is 57.3 Å². The van der Waals surface area contributed by atoms with Crippen LogP contribution in [-0.4, -0.2) is 43.3 Å². The highest BCUT2D eigenvalue weighted by Crippen LogP contribution is 2.42. The number of hydrogen-bond donors (Lipinski definition) is 0. The van der Waals surface area contributed by atoms with E-state index in [0.29, 0.717) is 6.61 Å². The zero-order valence-corrected chi connectivity index (χ0v) is 7.14. The second kappa shape index (κ2) is 2.43. The summed E-state index contributed by atoms with van der Waals surface area (Å²) in [6, 6.07) is 0. The fourth-order valence-electron chi connectivity index (χ4n) is 1.95. The zero-order valence-electron chi connectivity index (χ0n) is 7.14. The standard InChI is InChI=1S/C8H10O5/c1-3(9)11-7-6-5(13-6)4-2-10-8(7)12-4/h4-8H,2H2,1H3/t4-,5-,6-,7+,8-/m1/s1. The van der Waals surface area contributed by atoms with Gasteiger partial charge in [-0.3, -0.25) is 4.79 Å². The second-order valence-electron chi connectivity index (χ2n) is 3.52. The molecule has 3 fully saturated rings. The van der Waals surface area contributed by atoms with Crippen molar-refractivity contribution in [1.82, 2.24) is 0 Å². The molecule has 0 aliphatic carbocycles. The van der Waals surface area contributed by atoms with Crippen molar-refractivity contribution in [2.24, 2.45) is 0 Å². The minimum Gasteiger partial charge on any atom is -0.454 e.